The molecule has 19 heavy (non-hydrogen) atoms. The number of aromatic hydroxyl groups is 1. The molecule has 0 heterocycles. The van der Waals surface area contributed by atoms with Crippen molar-refractivity contribution < 1.29 is 19.3 Å². The third-order valence-corrected chi connectivity index (χ3v) is 2.59. The van der Waals surface area contributed by atoms with Crippen molar-refractivity contribution in [2.75, 3.05) is 26.9 Å². The van der Waals surface area contributed by atoms with Gasteiger partial charge in [-0.2, -0.15) is 0 Å². The maximum Gasteiger partial charge on any atom is 0.169 e. The number of hydrogen-bond acceptors (Lipinski definition) is 5. The summed E-state index contributed by atoms with van der Waals surface area (Å²) < 4.78 is 15.8. The number of hydrogen-bond donors (Lipinski definition) is 2. The average Bonchev–Trinajstić information content (AvgIpc) is 2.39. The molecule has 0 bridgehead atoms. The Hall–Kier alpha value is -1.30. The quantitative estimate of drug-likeness (QED) is 0.670. The van der Waals surface area contributed by atoms with E-state index in [1.807, 2.05) is 19.9 Å². The Morgan fingerprint density at radius 1 is 1.21 bits per heavy atom. The third-order valence-electron chi connectivity index (χ3n) is 2.59. The second-order valence-corrected chi connectivity index (χ2v) is 3.98. The predicted octanol–water partition coefficient (Wildman–Crippen LogP) is 1.89. The monoisotopic (exact) mass is 269 g/mol. The molecule has 2 N–H and O–H groups in total. The van der Waals surface area contributed by atoms with Crippen LogP contribution in [0.1, 0.15) is 19.4 Å². The summed E-state index contributed by atoms with van der Waals surface area (Å²) in [5.41, 5.74) is 0.977. The second kappa shape index (κ2) is 8.74. The van der Waals surface area contributed by atoms with Crippen molar-refractivity contribution in [1.82, 2.24) is 5.32 Å². The van der Waals surface area contributed by atoms with Gasteiger partial charge < -0.3 is 24.6 Å². The van der Waals surface area contributed by atoms with Crippen LogP contribution in [-0.4, -0.2) is 38.3 Å². The van der Waals surface area contributed by atoms with E-state index in [4.69, 9.17) is 14.2 Å². The molecule has 0 amide bonds. The van der Waals surface area contributed by atoms with E-state index in [2.05, 4.69) is 5.32 Å². The van der Waals surface area contributed by atoms with Crippen LogP contribution in [-0.2, 0) is 16.0 Å². The van der Waals surface area contributed by atoms with E-state index in [1.54, 1.807) is 12.1 Å². The highest BCUT2D eigenvalue weighted by molar-refractivity contribution is 5.41. The van der Waals surface area contributed by atoms with Gasteiger partial charge >= 0.3 is 0 Å². The summed E-state index contributed by atoms with van der Waals surface area (Å²) in [6, 6.07) is 5.33. The first kappa shape index (κ1) is 15.8. The Kier molecular flexibility index (Phi) is 7.25. The molecule has 5 heteroatoms. The summed E-state index contributed by atoms with van der Waals surface area (Å²) in [4.78, 5) is 0. The van der Waals surface area contributed by atoms with Gasteiger partial charge in [0.25, 0.3) is 0 Å². The molecule has 0 saturated carbocycles. The summed E-state index contributed by atoms with van der Waals surface area (Å²) in [5.74, 6) is 0.623. The van der Waals surface area contributed by atoms with Crippen LogP contribution in [0.2, 0.25) is 0 Å². The second-order valence-electron chi connectivity index (χ2n) is 3.98. The average molecular weight is 269 g/mol. The maximum absolute atomic E-state index is 9.67. The lowest BCUT2D eigenvalue weighted by Gasteiger charge is -2.17. The molecule has 0 aliphatic rings. The smallest absolute Gasteiger partial charge is 0.169 e. The van der Waals surface area contributed by atoms with Gasteiger partial charge in [0, 0.05) is 26.3 Å². The van der Waals surface area contributed by atoms with Crippen LogP contribution in [0, 0.1) is 0 Å². The van der Waals surface area contributed by atoms with Gasteiger partial charge in [0.1, 0.15) is 0 Å². The Labute approximate surface area is 114 Å². The van der Waals surface area contributed by atoms with Crippen LogP contribution in [0.3, 0.4) is 0 Å². The Morgan fingerprint density at radius 2 is 1.89 bits per heavy atom. The van der Waals surface area contributed by atoms with Gasteiger partial charge in [0.05, 0.1) is 7.11 Å². The van der Waals surface area contributed by atoms with Crippen molar-refractivity contribution >= 4 is 0 Å². The van der Waals surface area contributed by atoms with E-state index < -0.39 is 0 Å². The number of rotatable bonds is 9. The summed E-state index contributed by atoms with van der Waals surface area (Å²) >= 11 is 0. The lowest BCUT2D eigenvalue weighted by Crippen LogP contribution is -2.31. The minimum absolute atomic E-state index is 0.146. The molecule has 0 aromatic heterocycles. The number of phenolic OH excluding ortho intramolecular Hbond substituents is 1. The SMILES string of the molecule is CCOC(CNCc1ccc(OC)c(O)c1)OCC. The normalized spacial score (nSPS) is 10.9. The van der Waals surface area contributed by atoms with Crippen molar-refractivity contribution in [1.29, 1.82) is 0 Å². The minimum Gasteiger partial charge on any atom is -0.504 e. The summed E-state index contributed by atoms with van der Waals surface area (Å²) in [6.45, 7) is 6.36. The van der Waals surface area contributed by atoms with E-state index in [9.17, 15) is 5.11 Å². The molecule has 1 aromatic rings. The van der Waals surface area contributed by atoms with Crippen LogP contribution in [0.4, 0.5) is 0 Å². The maximum atomic E-state index is 9.67. The highest BCUT2D eigenvalue weighted by Crippen LogP contribution is 2.25. The summed E-state index contributed by atoms with van der Waals surface area (Å²) in [6.07, 6.45) is -0.234. The van der Waals surface area contributed by atoms with Gasteiger partial charge in [-0.15, -0.1) is 0 Å². The Morgan fingerprint density at radius 3 is 2.42 bits per heavy atom. The molecule has 1 rings (SSSR count). The molecule has 0 saturated heterocycles. The number of phenols is 1. The summed E-state index contributed by atoms with van der Waals surface area (Å²) in [7, 11) is 1.53. The van der Waals surface area contributed by atoms with Gasteiger partial charge in [0.2, 0.25) is 0 Å². The molecule has 0 fully saturated rings. The van der Waals surface area contributed by atoms with Crippen LogP contribution in [0.15, 0.2) is 18.2 Å². The molecule has 0 atom stereocenters. The number of nitrogens with one attached hydrogen (secondary N) is 1. The topological polar surface area (TPSA) is 60.0 Å². The molecule has 0 spiro atoms. The molecule has 0 aliphatic carbocycles. The number of benzene rings is 1. The van der Waals surface area contributed by atoms with E-state index in [0.29, 0.717) is 32.1 Å². The van der Waals surface area contributed by atoms with Crippen LogP contribution in [0.25, 0.3) is 0 Å². The van der Waals surface area contributed by atoms with E-state index in [-0.39, 0.29) is 12.0 Å². The van der Waals surface area contributed by atoms with Gasteiger partial charge in [-0.05, 0) is 31.5 Å². The third kappa shape index (κ3) is 5.46. The molecular weight excluding hydrogens is 246 g/mol. The fraction of sp³-hybridized carbons (Fsp3) is 0.571. The van der Waals surface area contributed by atoms with Gasteiger partial charge in [-0.1, -0.05) is 6.07 Å². The van der Waals surface area contributed by atoms with E-state index in [0.717, 1.165) is 5.56 Å². The summed E-state index contributed by atoms with van der Waals surface area (Å²) in [5, 5.41) is 12.9. The van der Waals surface area contributed by atoms with Crippen molar-refractivity contribution in [3.8, 4) is 11.5 Å². The first-order valence-electron chi connectivity index (χ1n) is 6.51. The number of methoxy groups -OCH3 is 1. The van der Waals surface area contributed by atoms with Gasteiger partial charge in [-0.25, -0.2) is 0 Å². The Balaban J connectivity index is 2.41. The molecule has 0 aliphatic heterocycles. The van der Waals surface area contributed by atoms with E-state index >= 15 is 0 Å². The van der Waals surface area contributed by atoms with Crippen molar-refractivity contribution in [3.63, 3.8) is 0 Å². The molecule has 0 radical (unpaired) electrons. The number of ether oxygens (including phenoxy) is 3. The van der Waals surface area contributed by atoms with Gasteiger partial charge in [-0.3, -0.25) is 0 Å². The lowest BCUT2D eigenvalue weighted by molar-refractivity contribution is -0.133. The zero-order valence-electron chi connectivity index (χ0n) is 11.8. The molecular formula is C14H23NO4. The first-order valence-corrected chi connectivity index (χ1v) is 6.51. The van der Waals surface area contributed by atoms with Crippen molar-refractivity contribution in [2.24, 2.45) is 0 Å². The highest BCUT2D eigenvalue weighted by atomic mass is 16.7. The molecule has 5 nitrogen and oxygen atoms in total. The van der Waals surface area contributed by atoms with Crippen LogP contribution < -0.4 is 10.1 Å². The minimum atomic E-state index is -0.234. The molecule has 0 unspecified atom stereocenters. The largest absolute Gasteiger partial charge is 0.504 e. The fourth-order valence-electron chi connectivity index (χ4n) is 1.72. The zero-order chi connectivity index (χ0) is 14.1. The van der Waals surface area contributed by atoms with E-state index in [1.165, 1.54) is 7.11 Å². The molecule has 108 valence electrons. The fourth-order valence-corrected chi connectivity index (χ4v) is 1.72. The predicted molar refractivity (Wildman–Crippen MR) is 73.4 cm³/mol. The molecule has 1 aromatic carbocycles. The Bertz CT molecular complexity index is 364. The van der Waals surface area contributed by atoms with Crippen molar-refractivity contribution in [3.05, 3.63) is 23.8 Å². The van der Waals surface area contributed by atoms with Crippen LogP contribution >= 0.6 is 0 Å². The highest BCUT2D eigenvalue weighted by Gasteiger charge is 2.07. The van der Waals surface area contributed by atoms with Crippen molar-refractivity contribution in [2.45, 2.75) is 26.7 Å². The van der Waals surface area contributed by atoms with Gasteiger partial charge in [0.15, 0.2) is 17.8 Å². The first-order chi connectivity index (χ1) is 9.21. The lowest BCUT2D eigenvalue weighted by atomic mass is 10.2. The zero-order valence-corrected chi connectivity index (χ0v) is 11.8. The van der Waals surface area contributed by atoms with Crippen LogP contribution in [0.5, 0.6) is 11.5 Å². The standard InChI is InChI=1S/C14H23NO4/c1-4-18-14(19-5-2)10-15-9-11-6-7-13(17-3)12(16)8-11/h6-8,14-16H,4-5,9-10H2,1-3H3.